The quantitative estimate of drug-likeness (QED) is 0.682. The maximum Gasteiger partial charge on any atom is 0.152 e. The molecule has 1 aromatic carbocycles. The van der Waals surface area contributed by atoms with Gasteiger partial charge in [0, 0.05) is 24.2 Å². The van der Waals surface area contributed by atoms with Crippen LogP contribution in [0.15, 0.2) is 42.6 Å². The number of nitrogens with zero attached hydrogens (tertiary/aromatic N) is 3. The lowest BCUT2D eigenvalue weighted by Gasteiger charge is -2.27. The van der Waals surface area contributed by atoms with Crippen LogP contribution >= 0.6 is 0 Å². The molecule has 0 radical (unpaired) electrons. The van der Waals surface area contributed by atoms with Crippen molar-refractivity contribution in [3.8, 4) is 0 Å². The Morgan fingerprint density at radius 3 is 2.64 bits per heavy atom. The van der Waals surface area contributed by atoms with Crippen molar-refractivity contribution in [3.05, 3.63) is 65.1 Å². The van der Waals surface area contributed by atoms with E-state index in [1.165, 1.54) is 5.56 Å². The Morgan fingerprint density at radius 1 is 1.16 bits per heavy atom. The highest BCUT2D eigenvalue weighted by molar-refractivity contribution is 5.83. The molecule has 25 heavy (non-hydrogen) atoms. The summed E-state index contributed by atoms with van der Waals surface area (Å²) >= 11 is 0. The molecule has 0 saturated carbocycles. The van der Waals surface area contributed by atoms with Crippen LogP contribution in [0.3, 0.4) is 0 Å². The summed E-state index contributed by atoms with van der Waals surface area (Å²) in [6.45, 7) is 4.27. The molecule has 128 valence electrons. The van der Waals surface area contributed by atoms with Crippen molar-refractivity contribution in [1.82, 2.24) is 15.2 Å². The molecular formula is C19H21N5O. The lowest BCUT2D eigenvalue weighted by molar-refractivity contribution is 0.299. The average Bonchev–Trinajstić information content (AvgIpc) is 3.23. The van der Waals surface area contributed by atoms with E-state index >= 15 is 0 Å². The number of hydrogen-bond acceptors (Lipinski definition) is 5. The highest BCUT2D eigenvalue weighted by atomic mass is 16.2. The third kappa shape index (κ3) is 2.74. The van der Waals surface area contributed by atoms with Crippen LogP contribution < -0.4 is 10.2 Å². The van der Waals surface area contributed by atoms with E-state index in [-0.39, 0.29) is 12.8 Å². The van der Waals surface area contributed by atoms with Gasteiger partial charge in [-0.05, 0) is 55.7 Å². The number of hydrogen-bond donors (Lipinski definition) is 3. The highest BCUT2D eigenvalue weighted by Crippen LogP contribution is 2.46. The molecule has 0 spiro atoms. The lowest BCUT2D eigenvalue weighted by atomic mass is 10.1. The van der Waals surface area contributed by atoms with Crippen LogP contribution in [-0.4, -0.2) is 26.9 Å². The number of aliphatic hydroxyl groups is 1. The van der Waals surface area contributed by atoms with E-state index in [0.717, 1.165) is 34.1 Å². The molecule has 6 heteroatoms. The molecule has 0 saturated heterocycles. The van der Waals surface area contributed by atoms with Crippen molar-refractivity contribution >= 4 is 17.2 Å². The Morgan fingerprint density at radius 2 is 1.96 bits per heavy atom. The summed E-state index contributed by atoms with van der Waals surface area (Å²) in [5, 5.41) is 19.8. The normalized spacial score (nSPS) is 16.0. The second-order valence-corrected chi connectivity index (χ2v) is 6.35. The fourth-order valence-electron chi connectivity index (χ4n) is 3.42. The van der Waals surface area contributed by atoms with Gasteiger partial charge in [-0.1, -0.05) is 12.1 Å². The first-order chi connectivity index (χ1) is 12.2. The number of anilines is 3. The van der Waals surface area contributed by atoms with E-state index in [1.54, 1.807) is 6.20 Å². The van der Waals surface area contributed by atoms with E-state index < -0.39 is 0 Å². The molecule has 3 heterocycles. The minimum atomic E-state index is -0.0887. The first kappa shape index (κ1) is 15.7. The lowest BCUT2D eigenvalue weighted by Crippen LogP contribution is -2.24. The summed E-state index contributed by atoms with van der Waals surface area (Å²) < 4.78 is 0. The van der Waals surface area contributed by atoms with Gasteiger partial charge < -0.3 is 15.3 Å². The van der Waals surface area contributed by atoms with E-state index in [2.05, 4.69) is 62.7 Å². The zero-order valence-electron chi connectivity index (χ0n) is 14.3. The predicted molar refractivity (Wildman–Crippen MR) is 98.0 cm³/mol. The minimum absolute atomic E-state index is 0.0887. The summed E-state index contributed by atoms with van der Waals surface area (Å²) in [4.78, 5) is 6.92. The van der Waals surface area contributed by atoms with E-state index in [0.29, 0.717) is 6.42 Å². The Kier molecular flexibility index (Phi) is 3.89. The van der Waals surface area contributed by atoms with Gasteiger partial charge in [0.1, 0.15) is 6.17 Å². The molecule has 0 aliphatic carbocycles. The smallest absolute Gasteiger partial charge is 0.152 e. The van der Waals surface area contributed by atoms with Crippen molar-refractivity contribution in [2.24, 2.45) is 0 Å². The van der Waals surface area contributed by atoms with Crippen molar-refractivity contribution in [2.45, 2.75) is 26.4 Å². The third-order valence-corrected chi connectivity index (χ3v) is 4.52. The van der Waals surface area contributed by atoms with Crippen molar-refractivity contribution in [2.75, 3.05) is 16.8 Å². The van der Waals surface area contributed by atoms with Gasteiger partial charge in [0.05, 0.1) is 11.4 Å². The number of aryl methyl sites for hydroxylation is 2. The second-order valence-electron chi connectivity index (χ2n) is 6.35. The maximum absolute atomic E-state index is 9.12. The highest BCUT2D eigenvalue weighted by Gasteiger charge is 2.34. The number of benzene rings is 1. The fraction of sp³-hybridized carbons (Fsp3) is 0.263. The van der Waals surface area contributed by atoms with Gasteiger partial charge >= 0.3 is 0 Å². The Balaban J connectivity index is 1.81. The van der Waals surface area contributed by atoms with E-state index in [4.69, 9.17) is 5.11 Å². The van der Waals surface area contributed by atoms with E-state index in [1.807, 2.05) is 13.0 Å². The number of nitrogens with one attached hydrogen (secondary N) is 2. The summed E-state index contributed by atoms with van der Waals surface area (Å²) in [6, 6.07) is 12.4. The molecule has 1 aliphatic heterocycles. The van der Waals surface area contributed by atoms with E-state index in [9.17, 15) is 0 Å². The van der Waals surface area contributed by atoms with Crippen LogP contribution in [0, 0.1) is 13.8 Å². The topological polar surface area (TPSA) is 77.1 Å². The fourth-order valence-corrected chi connectivity index (χ4v) is 3.42. The van der Waals surface area contributed by atoms with Gasteiger partial charge in [0.15, 0.2) is 5.82 Å². The van der Waals surface area contributed by atoms with Crippen molar-refractivity contribution < 1.29 is 5.11 Å². The molecule has 1 unspecified atom stereocenters. The molecule has 2 aromatic heterocycles. The molecule has 6 nitrogen and oxygen atoms in total. The molecule has 0 amide bonds. The Hall–Kier alpha value is -2.86. The van der Waals surface area contributed by atoms with Crippen LogP contribution in [0.5, 0.6) is 0 Å². The molecule has 1 atom stereocenters. The predicted octanol–water partition coefficient (Wildman–Crippen LogP) is 3.22. The number of aliphatic hydroxyl groups excluding tert-OH is 1. The summed E-state index contributed by atoms with van der Waals surface area (Å²) in [5.41, 5.74) is 6.43. The van der Waals surface area contributed by atoms with Crippen LogP contribution in [0.1, 0.15) is 28.7 Å². The number of pyridine rings is 1. The summed E-state index contributed by atoms with van der Waals surface area (Å²) in [5.74, 6) is 0.886. The Bertz CT molecular complexity index is 874. The van der Waals surface area contributed by atoms with Crippen molar-refractivity contribution in [3.63, 3.8) is 0 Å². The summed E-state index contributed by atoms with van der Waals surface area (Å²) in [7, 11) is 0. The largest absolute Gasteiger partial charge is 0.396 e. The zero-order valence-corrected chi connectivity index (χ0v) is 14.3. The SMILES string of the molecule is Cc1cc(C)c2c(n1)NC(c1ccn[nH]1)N2c1ccc(CCO)cc1. The van der Waals surface area contributed by atoms with Crippen molar-refractivity contribution in [1.29, 1.82) is 0 Å². The number of aromatic nitrogens is 3. The van der Waals surface area contributed by atoms with Crippen LogP contribution in [0.4, 0.5) is 17.2 Å². The third-order valence-electron chi connectivity index (χ3n) is 4.52. The first-order valence-corrected chi connectivity index (χ1v) is 8.40. The van der Waals surface area contributed by atoms with Gasteiger partial charge in [0.25, 0.3) is 0 Å². The number of aromatic amines is 1. The first-order valence-electron chi connectivity index (χ1n) is 8.40. The molecule has 0 bridgehead atoms. The van der Waals surface area contributed by atoms with Gasteiger partial charge in [-0.2, -0.15) is 5.10 Å². The van der Waals surface area contributed by atoms with Gasteiger partial charge in [-0.25, -0.2) is 4.98 Å². The summed E-state index contributed by atoms with van der Waals surface area (Å²) in [6.07, 6.45) is 2.33. The number of rotatable bonds is 4. The number of fused-ring (bicyclic) bond motifs is 1. The molecule has 1 aliphatic rings. The van der Waals surface area contributed by atoms with Crippen LogP contribution in [0.2, 0.25) is 0 Å². The molecule has 3 aromatic rings. The Labute approximate surface area is 146 Å². The van der Waals surface area contributed by atoms with Gasteiger partial charge in [0.2, 0.25) is 0 Å². The second kappa shape index (κ2) is 6.22. The van der Waals surface area contributed by atoms with Gasteiger partial charge in [-0.15, -0.1) is 0 Å². The molecule has 3 N–H and O–H groups in total. The monoisotopic (exact) mass is 335 g/mol. The average molecular weight is 335 g/mol. The number of H-pyrrole nitrogens is 1. The minimum Gasteiger partial charge on any atom is -0.396 e. The standard InChI is InChI=1S/C19H21N5O/c1-12-11-13(2)21-18-17(12)24(19(22-18)16-7-9-20-23-16)15-5-3-14(4-6-15)8-10-25/h3-7,9,11,19,25H,8,10H2,1-2H3,(H,20,23)(H,21,22). The molecule has 0 fully saturated rings. The van der Waals surface area contributed by atoms with Gasteiger partial charge in [-0.3, -0.25) is 5.10 Å². The zero-order chi connectivity index (χ0) is 17.4. The molecular weight excluding hydrogens is 314 g/mol. The van der Waals surface area contributed by atoms with Crippen LogP contribution in [0.25, 0.3) is 0 Å². The van der Waals surface area contributed by atoms with Crippen LogP contribution in [-0.2, 0) is 6.42 Å². The molecule has 4 rings (SSSR count). The maximum atomic E-state index is 9.12.